The maximum absolute atomic E-state index is 12.1. The number of esters is 1. The minimum atomic E-state index is -0.847. The summed E-state index contributed by atoms with van der Waals surface area (Å²) in [6, 6.07) is 0. The lowest BCUT2D eigenvalue weighted by atomic mass is 9.65. The fourth-order valence-corrected chi connectivity index (χ4v) is 3.85. The molecule has 1 fully saturated rings. The smallest absolute Gasteiger partial charge is 0.333 e. The summed E-state index contributed by atoms with van der Waals surface area (Å²) in [7, 11) is 0. The van der Waals surface area contributed by atoms with E-state index >= 15 is 0 Å². The van der Waals surface area contributed by atoms with Gasteiger partial charge in [-0.1, -0.05) is 25.7 Å². The average molecular weight is 292 g/mol. The van der Waals surface area contributed by atoms with Crippen LogP contribution in [0.15, 0.2) is 24.3 Å². The number of allylic oxidation sites excluding steroid dienone is 1. The van der Waals surface area contributed by atoms with Crippen molar-refractivity contribution in [2.45, 2.75) is 51.6 Å². The minimum absolute atomic E-state index is 0.0228. The number of rotatable bonds is 6. The molecule has 1 saturated carbocycles. The van der Waals surface area contributed by atoms with Gasteiger partial charge >= 0.3 is 11.9 Å². The number of carbonyl (C=O) groups excluding carboxylic acids is 1. The second-order valence-corrected chi connectivity index (χ2v) is 6.35. The van der Waals surface area contributed by atoms with Crippen molar-refractivity contribution in [3.8, 4) is 0 Å². The van der Waals surface area contributed by atoms with E-state index in [1.54, 1.807) is 6.92 Å². The summed E-state index contributed by atoms with van der Waals surface area (Å²) in [4.78, 5) is 23.1. The van der Waals surface area contributed by atoms with E-state index < -0.39 is 17.5 Å². The van der Waals surface area contributed by atoms with Gasteiger partial charge in [-0.2, -0.15) is 0 Å². The lowest BCUT2D eigenvalue weighted by molar-refractivity contribution is -0.177. The van der Waals surface area contributed by atoms with Crippen LogP contribution in [-0.2, 0) is 14.3 Å². The number of ether oxygens (including phenoxy) is 1. The molecule has 2 bridgehead atoms. The van der Waals surface area contributed by atoms with Gasteiger partial charge in [0.15, 0.2) is 0 Å². The van der Waals surface area contributed by atoms with Gasteiger partial charge in [-0.05, 0) is 44.4 Å². The Balaban J connectivity index is 2.31. The zero-order chi connectivity index (χ0) is 15.6. The van der Waals surface area contributed by atoms with E-state index in [-0.39, 0.29) is 18.3 Å². The second-order valence-electron chi connectivity index (χ2n) is 6.35. The van der Waals surface area contributed by atoms with Crippen molar-refractivity contribution in [3.63, 3.8) is 0 Å². The van der Waals surface area contributed by atoms with Gasteiger partial charge in [-0.25, -0.2) is 4.79 Å². The van der Waals surface area contributed by atoms with E-state index in [0.29, 0.717) is 17.9 Å². The first-order valence-corrected chi connectivity index (χ1v) is 7.68. The lowest BCUT2D eigenvalue weighted by Gasteiger charge is -2.47. The molecule has 4 atom stereocenters. The Labute approximate surface area is 125 Å². The normalized spacial score (nSPS) is 33.7. The lowest BCUT2D eigenvalue weighted by Crippen LogP contribution is -2.51. The number of fused-ring (bicyclic) bond motifs is 2. The van der Waals surface area contributed by atoms with Gasteiger partial charge in [0, 0.05) is 17.9 Å². The summed E-state index contributed by atoms with van der Waals surface area (Å²) >= 11 is 0. The SMILES string of the molecule is C=C(C)C(=O)OC1(CCC(=O)O)C2C=CC(C2)CC1CC. The molecule has 2 rings (SSSR count). The highest BCUT2D eigenvalue weighted by Crippen LogP contribution is 2.52. The van der Waals surface area contributed by atoms with Crippen molar-refractivity contribution in [1.82, 2.24) is 0 Å². The Hall–Kier alpha value is -1.58. The maximum Gasteiger partial charge on any atom is 0.333 e. The number of carboxylic acids is 1. The number of carboxylic acid groups (broad SMARTS) is 1. The Morgan fingerprint density at radius 3 is 2.67 bits per heavy atom. The average Bonchev–Trinajstić information content (AvgIpc) is 2.84. The molecule has 21 heavy (non-hydrogen) atoms. The van der Waals surface area contributed by atoms with Crippen LogP contribution in [-0.4, -0.2) is 22.6 Å². The van der Waals surface area contributed by atoms with Gasteiger partial charge in [-0.15, -0.1) is 0 Å². The molecule has 4 nitrogen and oxygen atoms in total. The molecule has 0 aromatic rings. The predicted octanol–water partition coefficient (Wildman–Crippen LogP) is 3.33. The number of carbonyl (C=O) groups is 2. The van der Waals surface area contributed by atoms with E-state index in [1.165, 1.54) is 0 Å². The topological polar surface area (TPSA) is 63.6 Å². The molecular formula is C17H24O4. The van der Waals surface area contributed by atoms with Gasteiger partial charge in [0.25, 0.3) is 0 Å². The fraction of sp³-hybridized carbons (Fsp3) is 0.647. The van der Waals surface area contributed by atoms with E-state index in [1.807, 2.05) is 0 Å². The standard InChI is InChI=1S/C17H24O4/c1-4-13-9-12-5-6-14(10-12)17(13,8-7-15(18)19)21-16(20)11(2)3/h5-6,12-14H,2,4,7-10H2,1,3H3,(H,18,19). The first kappa shape index (κ1) is 15.8. The molecule has 2 aliphatic rings. The van der Waals surface area contributed by atoms with Crippen molar-refractivity contribution in [2.75, 3.05) is 0 Å². The van der Waals surface area contributed by atoms with Crippen LogP contribution in [0.4, 0.5) is 0 Å². The number of hydrogen-bond acceptors (Lipinski definition) is 3. The van der Waals surface area contributed by atoms with Gasteiger partial charge in [-0.3, -0.25) is 4.79 Å². The fourth-order valence-electron chi connectivity index (χ4n) is 3.85. The summed E-state index contributed by atoms with van der Waals surface area (Å²) in [5.74, 6) is -0.374. The molecule has 0 heterocycles. The van der Waals surface area contributed by atoms with Crippen molar-refractivity contribution in [1.29, 1.82) is 0 Å². The van der Waals surface area contributed by atoms with Crippen LogP contribution in [0.25, 0.3) is 0 Å². The van der Waals surface area contributed by atoms with E-state index in [0.717, 1.165) is 19.3 Å². The monoisotopic (exact) mass is 292 g/mol. The highest BCUT2D eigenvalue weighted by molar-refractivity contribution is 5.87. The Morgan fingerprint density at radius 2 is 2.10 bits per heavy atom. The highest BCUT2D eigenvalue weighted by Gasteiger charge is 2.53. The Bertz CT molecular complexity index is 479. The highest BCUT2D eigenvalue weighted by atomic mass is 16.6. The molecule has 0 saturated heterocycles. The largest absolute Gasteiger partial charge is 0.481 e. The molecule has 116 valence electrons. The number of hydrogen-bond donors (Lipinski definition) is 1. The molecule has 4 unspecified atom stereocenters. The van der Waals surface area contributed by atoms with E-state index in [9.17, 15) is 9.59 Å². The molecule has 4 heteroatoms. The van der Waals surface area contributed by atoms with Gasteiger partial charge < -0.3 is 9.84 Å². The van der Waals surface area contributed by atoms with Crippen LogP contribution in [0.2, 0.25) is 0 Å². The van der Waals surface area contributed by atoms with E-state index in [2.05, 4.69) is 25.7 Å². The van der Waals surface area contributed by atoms with Crippen LogP contribution in [0.5, 0.6) is 0 Å². The molecule has 2 aliphatic carbocycles. The van der Waals surface area contributed by atoms with Crippen LogP contribution in [0.3, 0.4) is 0 Å². The summed E-state index contributed by atoms with van der Waals surface area (Å²) in [6.07, 6.45) is 7.53. The van der Waals surface area contributed by atoms with Crippen molar-refractivity contribution in [2.24, 2.45) is 17.8 Å². The van der Waals surface area contributed by atoms with Crippen LogP contribution in [0.1, 0.15) is 46.0 Å². The summed E-state index contributed by atoms with van der Waals surface area (Å²) < 4.78 is 5.87. The minimum Gasteiger partial charge on any atom is -0.481 e. The van der Waals surface area contributed by atoms with Crippen LogP contribution in [0, 0.1) is 17.8 Å². The first-order chi connectivity index (χ1) is 9.89. The zero-order valence-corrected chi connectivity index (χ0v) is 12.8. The molecule has 0 aliphatic heterocycles. The van der Waals surface area contributed by atoms with Crippen molar-refractivity contribution < 1.29 is 19.4 Å². The molecule has 0 aromatic carbocycles. The third kappa shape index (κ3) is 3.04. The Morgan fingerprint density at radius 1 is 1.38 bits per heavy atom. The Kier molecular flexibility index (Phi) is 4.55. The first-order valence-electron chi connectivity index (χ1n) is 7.68. The second kappa shape index (κ2) is 6.04. The summed E-state index contributed by atoms with van der Waals surface area (Å²) in [6.45, 7) is 7.36. The zero-order valence-electron chi connectivity index (χ0n) is 12.8. The molecule has 0 aromatic heterocycles. The maximum atomic E-state index is 12.1. The van der Waals surface area contributed by atoms with Crippen LogP contribution >= 0.6 is 0 Å². The van der Waals surface area contributed by atoms with Crippen LogP contribution < -0.4 is 0 Å². The van der Waals surface area contributed by atoms with Gasteiger partial charge in [0.1, 0.15) is 5.60 Å². The molecular weight excluding hydrogens is 268 g/mol. The molecule has 0 radical (unpaired) electrons. The number of aliphatic carboxylic acids is 1. The van der Waals surface area contributed by atoms with Gasteiger partial charge in [0.05, 0.1) is 0 Å². The van der Waals surface area contributed by atoms with Crippen molar-refractivity contribution >= 4 is 11.9 Å². The van der Waals surface area contributed by atoms with E-state index in [4.69, 9.17) is 9.84 Å². The summed E-state index contributed by atoms with van der Waals surface area (Å²) in [5.41, 5.74) is -0.323. The molecule has 0 amide bonds. The quantitative estimate of drug-likeness (QED) is 0.463. The summed E-state index contributed by atoms with van der Waals surface area (Å²) in [5, 5.41) is 9.05. The third-order valence-electron chi connectivity index (χ3n) is 4.93. The van der Waals surface area contributed by atoms with Crippen molar-refractivity contribution in [3.05, 3.63) is 24.3 Å². The molecule has 0 spiro atoms. The molecule has 1 N–H and O–H groups in total. The van der Waals surface area contributed by atoms with Gasteiger partial charge in [0.2, 0.25) is 0 Å². The third-order valence-corrected chi connectivity index (χ3v) is 4.93. The predicted molar refractivity (Wildman–Crippen MR) is 79.6 cm³/mol.